The standard InChI is InChI=1S/C34H42N6O6/c1-34(2,3)29(38-28(41)18-35-4)31(43)40-19-23(36-33(46)39-15-14-21-16-22(32(44)45)12-13-26(21)39)17-27(40)30(42)37-25-11-7-9-20-8-5-6-10-24(20)25/h5-6,8,10,12-16,23,25,27,29,35H,7,9,11,17-19H2,1-4H3,(H,36,46)(H,37,42)(H,38,41)(H,44,45)/t23?,25?,27-,29+/m0/s1. The van der Waals surface area contributed by atoms with Crippen molar-refractivity contribution in [3.63, 3.8) is 0 Å². The van der Waals surface area contributed by atoms with Crippen LogP contribution in [0.25, 0.3) is 10.9 Å². The van der Waals surface area contributed by atoms with Gasteiger partial charge in [-0.15, -0.1) is 0 Å². The number of nitrogens with one attached hydrogen (secondary N) is 4. The number of fused-ring (bicyclic) bond motifs is 2. The van der Waals surface area contributed by atoms with Crippen molar-refractivity contribution in [2.45, 2.75) is 70.6 Å². The second kappa shape index (κ2) is 13.3. The number of nitrogens with zero attached hydrogens (tertiary/aromatic N) is 2. The number of carboxylic acid groups (broad SMARTS) is 1. The minimum atomic E-state index is -1.06. The van der Waals surface area contributed by atoms with Crippen molar-refractivity contribution in [1.29, 1.82) is 0 Å². The van der Waals surface area contributed by atoms with Crippen LogP contribution in [-0.2, 0) is 20.8 Å². The van der Waals surface area contributed by atoms with Crippen LogP contribution in [-0.4, -0.2) is 82.6 Å². The normalized spacial score (nSPS) is 20.1. The molecular weight excluding hydrogens is 588 g/mol. The summed E-state index contributed by atoms with van der Waals surface area (Å²) in [5.74, 6) is -2.11. The molecular formula is C34H42N6O6. The summed E-state index contributed by atoms with van der Waals surface area (Å²) in [7, 11) is 1.64. The van der Waals surface area contributed by atoms with E-state index in [1.54, 1.807) is 25.4 Å². The van der Waals surface area contributed by atoms with E-state index in [2.05, 4.69) is 27.3 Å². The number of carbonyl (C=O) groups excluding carboxylic acids is 4. The maximum atomic E-state index is 14.2. The van der Waals surface area contributed by atoms with Gasteiger partial charge < -0.3 is 31.3 Å². The van der Waals surface area contributed by atoms with E-state index in [0.29, 0.717) is 10.9 Å². The number of aromatic carboxylic acids is 1. The van der Waals surface area contributed by atoms with Gasteiger partial charge in [-0.25, -0.2) is 9.59 Å². The molecule has 244 valence electrons. The number of carboxylic acids is 1. The van der Waals surface area contributed by atoms with Gasteiger partial charge in [0.1, 0.15) is 12.1 Å². The third-order valence-corrected chi connectivity index (χ3v) is 8.81. The Bertz CT molecular complexity index is 1660. The SMILES string of the molecule is CNCC(=O)N[C@H](C(=O)N1CC(NC(=O)n2ccc3cc(C(=O)O)ccc32)C[C@H]1C(=O)NC1CCCc2ccccc21)C(C)(C)C. The summed E-state index contributed by atoms with van der Waals surface area (Å²) in [6.07, 6.45) is 4.38. The zero-order valence-electron chi connectivity index (χ0n) is 26.6. The van der Waals surface area contributed by atoms with Gasteiger partial charge >= 0.3 is 12.0 Å². The Hall–Kier alpha value is -4.71. The van der Waals surface area contributed by atoms with Gasteiger partial charge in [-0.2, -0.15) is 0 Å². The molecule has 5 N–H and O–H groups in total. The fraction of sp³-hybridized carbons (Fsp3) is 0.441. The Morgan fingerprint density at radius 1 is 1.02 bits per heavy atom. The second-order valence-corrected chi connectivity index (χ2v) is 13.2. The number of benzene rings is 2. The molecule has 12 heteroatoms. The predicted octanol–water partition coefficient (Wildman–Crippen LogP) is 2.81. The van der Waals surface area contributed by atoms with Gasteiger partial charge in [-0.1, -0.05) is 45.0 Å². The number of likely N-dealkylation sites (tertiary alicyclic amines) is 1. The smallest absolute Gasteiger partial charge is 0.335 e. The lowest BCUT2D eigenvalue weighted by atomic mass is 9.85. The first-order valence-electron chi connectivity index (χ1n) is 15.6. The molecule has 1 saturated heterocycles. The van der Waals surface area contributed by atoms with Crippen LogP contribution in [0.4, 0.5) is 4.79 Å². The molecule has 0 radical (unpaired) electrons. The van der Waals surface area contributed by atoms with Crippen LogP contribution in [0.3, 0.4) is 0 Å². The highest BCUT2D eigenvalue weighted by atomic mass is 16.4. The molecule has 4 atom stereocenters. The fourth-order valence-corrected chi connectivity index (χ4v) is 6.49. The summed E-state index contributed by atoms with van der Waals surface area (Å²) in [6, 6.07) is 11.2. The second-order valence-electron chi connectivity index (χ2n) is 13.2. The van der Waals surface area contributed by atoms with Gasteiger partial charge in [0.05, 0.1) is 29.7 Å². The van der Waals surface area contributed by atoms with Gasteiger partial charge in [0.15, 0.2) is 0 Å². The number of amides is 4. The van der Waals surface area contributed by atoms with Crippen molar-refractivity contribution in [3.05, 3.63) is 71.4 Å². The molecule has 1 aliphatic carbocycles. The number of rotatable bonds is 8. The minimum absolute atomic E-state index is 0.0301. The molecule has 1 fully saturated rings. The third kappa shape index (κ3) is 6.91. The zero-order chi connectivity index (χ0) is 33.2. The quantitative estimate of drug-likeness (QED) is 0.256. The van der Waals surface area contributed by atoms with E-state index in [1.165, 1.54) is 27.2 Å². The lowest BCUT2D eigenvalue weighted by Gasteiger charge is -2.36. The number of likely N-dealkylation sites (N-methyl/N-ethyl adjacent to an activating group) is 1. The van der Waals surface area contributed by atoms with E-state index in [4.69, 9.17) is 0 Å². The predicted molar refractivity (Wildman–Crippen MR) is 172 cm³/mol. The maximum Gasteiger partial charge on any atom is 0.335 e. The van der Waals surface area contributed by atoms with Crippen LogP contribution in [0.2, 0.25) is 0 Å². The highest BCUT2D eigenvalue weighted by Crippen LogP contribution is 2.31. The molecule has 1 aliphatic heterocycles. The highest BCUT2D eigenvalue weighted by molar-refractivity contribution is 5.97. The van der Waals surface area contributed by atoms with Gasteiger partial charge in [0.25, 0.3) is 0 Å². The molecule has 5 rings (SSSR count). The highest BCUT2D eigenvalue weighted by Gasteiger charge is 2.45. The van der Waals surface area contributed by atoms with Crippen molar-refractivity contribution in [3.8, 4) is 0 Å². The Balaban J connectivity index is 1.40. The molecule has 4 amide bonds. The number of hydrogen-bond acceptors (Lipinski definition) is 6. The third-order valence-electron chi connectivity index (χ3n) is 8.81. The van der Waals surface area contributed by atoms with Crippen molar-refractivity contribution in [2.75, 3.05) is 20.1 Å². The zero-order valence-corrected chi connectivity index (χ0v) is 26.6. The lowest BCUT2D eigenvalue weighted by Crippen LogP contribution is -2.58. The van der Waals surface area contributed by atoms with Gasteiger partial charge in [-0.3, -0.25) is 19.0 Å². The Morgan fingerprint density at radius 2 is 1.78 bits per heavy atom. The van der Waals surface area contributed by atoms with E-state index < -0.39 is 41.4 Å². The molecule has 0 saturated carbocycles. The average Bonchev–Trinajstić information content (AvgIpc) is 3.63. The molecule has 2 unspecified atom stereocenters. The molecule has 3 aromatic rings. The molecule has 12 nitrogen and oxygen atoms in total. The molecule has 2 aromatic carbocycles. The minimum Gasteiger partial charge on any atom is -0.478 e. The van der Waals surface area contributed by atoms with Gasteiger partial charge in [0.2, 0.25) is 17.7 Å². The van der Waals surface area contributed by atoms with Crippen LogP contribution in [0.5, 0.6) is 0 Å². The van der Waals surface area contributed by atoms with E-state index in [-0.39, 0.29) is 42.9 Å². The van der Waals surface area contributed by atoms with Crippen LogP contribution in [0.1, 0.15) is 67.6 Å². The van der Waals surface area contributed by atoms with Crippen molar-refractivity contribution >= 4 is 40.6 Å². The van der Waals surface area contributed by atoms with E-state index >= 15 is 0 Å². The Kier molecular flexibility index (Phi) is 9.47. The van der Waals surface area contributed by atoms with Gasteiger partial charge in [-0.05, 0) is 73.5 Å². The Labute approximate surface area is 267 Å². The van der Waals surface area contributed by atoms with Crippen LogP contribution in [0, 0.1) is 5.41 Å². The van der Waals surface area contributed by atoms with E-state index in [9.17, 15) is 29.1 Å². The molecule has 0 bridgehead atoms. The van der Waals surface area contributed by atoms with Crippen LogP contribution < -0.4 is 21.3 Å². The summed E-state index contributed by atoms with van der Waals surface area (Å²) in [6.45, 7) is 5.66. The molecule has 2 aliphatic rings. The molecule has 2 heterocycles. The number of carbonyl (C=O) groups is 5. The summed E-state index contributed by atoms with van der Waals surface area (Å²) in [4.78, 5) is 67.2. The molecule has 0 spiro atoms. The first kappa shape index (κ1) is 32.7. The number of aryl methyl sites for hydroxylation is 1. The summed E-state index contributed by atoms with van der Waals surface area (Å²) in [5.41, 5.74) is 2.24. The summed E-state index contributed by atoms with van der Waals surface area (Å²) < 4.78 is 1.38. The van der Waals surface area contributed by atoms with Crippen molar-refractivity contribution in [2.24, 2.45) is 5.41 Å². The van der Waals surface area contributed by atoms with E-state index in [1.807, 2.05) is 39.0 Å². The topological polar surface area (TPSA) is 162 Å². The first-order chi connectivity index (χ1) is 21.9. The Morgan fingerprint density at radius 3 is 2.50 bits per heavy atom. The largest absolute Gasteiger partial charge is 0.478 e. The summed E-state index contributed by atoms with van der Waals surface area (Å²) >= 11 is 0. The van der Waals surface area contributed by atoms with E-state index in [0.717, 1.165) is 24.8 Å². The van der Waals surface area contributed by atoms with Crippen LogP contribution >= 0.6 is 0 Å². The summed E-state index contributed by atoms with van der Waals surface area (Å²) in [5, 5.41) is 21.7. The average molecular weight is 631 g/mol. The number of hydrogen-bond donors (Lipinski definition) is 5. The van der Waals surface area contributed by atoms with Crippen molar-refractivity contribution < 1.29 is 29.1 Å². The monoisotopic (exact) mass is 630 g/mol. The fourth-order valence-electron chi connectivity index (χ4n) is 6.49. The number of aromatic nitrogens is 1. The van der Waals surface area contributed by atoms with Crippen LogP contribution in [0.15, 0.2) is 54.7 Å². The first-order valence-corrected chi connectivity index (χ1v) is 15.6. The lowest BCUT2D eigenvalue weighted by molar-refractivity contribution is -0.144. The molecule has 1 aromatic heterocycles. The van der Waals surface area contributed by atoms with Crippen molar-refractivity contribution in [1.82, 2.24) is 30.7 Å². The molecule has 46 heavy (non-hydrogen) atoms. The van der Waals surface area contributed by atoms with Gasteiger partial charge in [0, 0.05) is 18.1 Å². The maximum absolute atomic E-state index is 14.2.